The number of aryl methyl sites for hydroxylation is 1. The quantitative estimate of drug-likeness (QED) is 0.374. The van der Waals surface area contributed by atoms with Gasteiger partial charge in [0.2, 0.25) is 0 Å². The first-order valence-electron chi connectivity index (χ1n) is 9.71. The van der Waals surface area contributed by atoms with Gasteiger partial charge in [0, 0.05) is 17.3 Å². The van der Waals surface area contributed by atoms with Crippen molar-refractivity contribution in [3.05, 3.63) is 57.1 Å². The molecule has 29 heavy (non-hydrogen) atoms. The number of aromatic nitrogens is 3. The van der Waals surface area contributed by atoms with Crippen molar-refractivity contribution in [2.24, 2.45) is 0 Å². The number of rotatable bonds is 6. The van der Waals surface area contributed by atoms with E-state index < -0.39 is 5.25 Å². The van der Waals surface area contributed by atoms with E-state index in [0.29, 0.717) is 38.6 Å². The van der Waals surface area contributed by atoms with E-state index in [2.05, 4.69) is 4.98 Å². The molecule has 1 aliphatic rings. The van der Waals surface area contributed by atoms with Gasteiger partial charge in [-0.2, -0.15) is 0 Å². The lowest BCUT2D eigenvalue weighted by molar-refractivity contribution is 0.0988. The van der Waals surface area contributed by atoms with Gasteiger partial charge in [-0.15, -0.1) is 0 Å². The molecule has 4 rings (SSSR count). The smallest absolute Gasteiger partial charge is 0.262 e. The third-order valence-electron chi connectivity index (χ3n) is 5.37. The maximum absolute atomic E-state index is 13.1. The molecule has 1 saturated carbocycles. The summed E-state index contributed by atoms with van der Waals surface area (Å²) in [5.74, 6) is -0.165. The van der Waals surface area contributed by atoms with E-state index >= 15 is 0 Å². The number of hydrogen-bond donors (Lipinski definition) is 1. The summed E-state index contributed by atoms with van der Waals surface area (Å²) < 4.78 is 1.74. The second kappa shape index (κ2) is 7.30. The first-order valence-corrected chi connectivity index (χ1v) is 10.6. The van der Waals surface area contributed by atoms with Crippen LogP contribution >= 0.6 is 11.8 Å². The first kappa shape index (κ1) is 19.6. The number of aromatic amines is 1. The topological polar surface area (TPSA) is 84.8 Å². The van der Waals surface area contributed by atoms with Gasteiger partial charge in [-0.05, 0) is 58.2 Å². The fraction of sp³-hybridized carbons (Fsp3) is 0.364. The van der Waals surface area contributed by atoms with Crippen molar-refractivity contribution in [1.29, 1.82) is 0 Å². The fourth-order valence-electron chi connectivity index (χ4n) is 3.80. The molecule has 7 heteroatoms. The fourth-order valence-corrected chi connectivity index (χ4v) is 4.84. The highest BCUT2D eigenvalue weighted by Crippen LogP contribution is 2.38. The van der Waals surface area contributed by atoms with Crippen molar-refractivity contribution >= 4 is 34.2 Å². The Morgan fingerprint density at radius 3 is 2.55 bits per heavy atom. The van der Waals surface area contributed by atoms with E-state index in [1.165, 1.54) is 18.7 Å². The highest BCUT2D eigenvalue weighted by molar-refractivity contribution is 8.00. The monoisotopic (exact) mass is 409 g/mol. The van der Waals surface area contributed by atoms with Gasteiger partial charge in [-0.25, -0.2) is 4.98 Å². The van der Waals surface area contributed by atoms with Crippen molar-refractivity contribution in [3.8, 4) is 0 Å². The Hall–Kier alpha value is -2.67. The van der Waals surface area contributed by atoms with Crippen LogP contribution in [-0.4, -0.2) is 31.4 Å². The number of ketones is 2. The number of nitrogens with one attached hydrogen (secondary N) is 1. The minimum Gasteiger partial charge on any atom is -0.355 e. The minimum atomic E-state index is -0.454. The molecule has 1 N–H and O–H groups in total. The summed E-state index contributed by atoms with van der Waals surface area (Å²) in [5.41, 5.74) is 3.00. The molecule has 1 aromatic carbocycles. The number of thioether (sulfide) groups is 1. The molecule has 6 nitrogen and oxygen atoms in total. The molecule has 0 bridgehead atoms. The Labute approximate surface area is 172 Å². The number of nitrogens with zero attached hydrogens (tertiary/aromatic N) is 2. The lowest BCUT2D eigenvalue weighted by Gasteiger charge is -2.15. The molecule has 2 heterocycles. The summed E-state index contributed by atoms with van der Waals surface area (Å²) >= 11 is 1.30. The van der Waals surface area contributed by atoms with Gasteiger partial charge < -0.3 is 4.98 Å². The molecule has 0 spiro atoms. The van der Waals surface area contributed by atoms with Crippen LogP contribution in [0.5, 0.6) is 0 Å². The second-order valence-electron chi connectivity index (χ2n) is 7.62. The molecule has 0 aliphatic heterocycles. The summed E-state index contributed by atoms with van der Waals surface area (Å²) in [7, 11) is 0. The first-order chi connectivity index (χ1) is 13.8. The Morgan fingerprint density at radius 1 is 1.24 bits per heavy atom. The molecular formula is C22H23N3O3S. The summed E-state index contributed by atoms with van der Waals surface area (Å²) in [4.78, 5) is 45.8. The van der Waals surface area contributed by atoms with Crippen LogP contribution in [0.3, 0.4) is 0 Å². The maximum atomic E-state index is 13.1. The van der Waals surface area contributed by atoms with Crippen LogP contribution in [0.25, 0.3) is 10.9 Å². The van der Waals surface area contributed by atoms with E-state index in [1.54, 1.807) is 24.5 Å². The van der Waals surface area contributed by atoms with Gasteiger partial charge >= 0.3 is 0 Å². The van der Waals surface area contributed by atoms with E-state index in [0.717, 1.165) is 12.8 Å². The Morgan fingerprint density at radius 2 is 1.93 bits per heavy atom. The van der Waals surface area contributed by atoms with Gasteiger partial charge in [0.05, 0.1) is 21.8 Å². The molecule has 3 aromatic rings. The zero-order valence-electron chi connectivity index (χ0n) is 16.9. The lowest BCUT2D eigenvalue weighted by Crippen LogP contribution is -2.24. The standard InChI is InChI=1S/C22H23N3O3S/c1-11-18(13(3)26)12(2)23-19(11)20(27)14(4)29-22-24-17-8-6-5-7-16(17)21(28)25(22)15-9-10-15/h5-8,14-15,23H,9-10H2,1-4H3. The number of benzene rings is 1. The zero-order valence-corrected chi connectivity index (χ0v) is 17.7. The van der Waals surface area contributed by atoms with Crippen molar-refractivity contribution < 1.29 is 9.59 Å². The van der Waals surface area contributed by atoms with Gasteiger partial charge in [-0.1, -0.05) is 23.9 Å². The second-order valence-corrected chi connectivity index (χ2v) is 8.93. The van der Waals surface area contributed by atoms with E-state index in [1.807, 2.05) is 25.1 Å². The summed E-state index contributed by atoms with van der Waals surface area (Å²) in [6, 6.07) is 7.46. The van der Waals surface area contributed by atoms with Crippen molar-refractivity contribution in [3.63, 3.8) is 0 Å². The SMILES string of the molecule is CC(=O)c1c(C)[nH]c(C(=O)C(C)Sc2nc3ccccc3c(=O)n2C2CC2)c1C. The number of hydrogen-bond acceptors (Lipinski definition) is 5. The molecule has 1 aliphatic carbocycles. The number of H-pyrrole nitrogens is 1. The third kappa shape index (κ3) is 3.44. The van der Waals surface area contributed by atoms with Crippen molar-refractivity contribution in [2.45, 2.75) is 57.0 Å². The van der Waals surface area contributed by atoms with Crippen LogP contribution in [0.2, 0.25) is 0 Å². The molecule has 0 saturated heterocycles. The van der Waals surface area contributed by atoms with Crippen molar-refractivity contribution in [1.82, 2.24) is 14.5 Å². The van der Waals surface area contributed by atoms with Gasteiger partial charge in [-0.3, -0.25) is 19.0 Å². The average Bonchev–Trinajstić information content (AvgIpc) is 3.45. The number of para-hydroxylation sites is 1. The zero-order chi connectivity index (χ0) is 20.9. The van der Waals surface area contributed by atoms with E-state index in [-0.39, 0.29) is 23.2 Å². The lowest BCUT2D eigenvalue weighted by atomic mass is 10.0. The number of carbonyl (C=O) groups excluding carboxylic acids is 2. The molecule has 150 valence electrons. The summed E-state index contributed by atoms with van der Waals surface area (Å²) in [6.45, 7) is 6.91. The third-order valence-corrected chi connectivity index (χ3v) is 6.44. The van der Waals surface area contributed by atoms with Gasteiger partial charge in [0.25, 0.3) is 5.56 Å². The van der Waals surface area contributed by atoms with Gasteiger partial charge in [0.15, 0.2) is 16.7 Å². The molecule has 0 radical (unpaired) electrons. The Kier molecular flexibility index (Phi) is 4.94. The van der Waals surface area contributed by atoms with Crippen LogP contribution in [-0.2, 0) is 0 Å². The normalized spacial score (nSPS) is 14.9. The van der Waals surface area contributed by atoms with Crippen molar-refractivity contribution in [2.75, 3.05) is 0 Å². The summed E-state index contributed by atoms with van der Waals surface area (Å²) in [6.07, 6.45) is 1.90. The maximum Gasteiger partial charge on any atom is 0.262 e. The average molecular weight is 410 g/mol. The van der Waals surface area contributed by atoms with Crippen LogP contribution in [0.15, 0.2) is 34.2 Å². The van der Waals surface area contributed by atoms with E-state index in [4.69, 9.17) is 4.98 Å². The van der Waals surface area contributed by atoms with Crippen LogP contribution in [0.1, 0.15) is 64.8 Å². The number of carbonyl (C=O) groups is 2. The Bertz CT molecular complexity index is 1200. The van der Waals surface area contributed by atoms with Gasteiger partial charge in [0.1, 0.15) is 0 Å². The minimum absolute atomic E-state index is 0.0500. The van der Waals surface area contributed by atoms with Crippen LogP contribution < -0.4 is 5.56 Å². The predicted octanol–water partition coefficient (Wildman–Crippen LogP) is 4.24. The molecular weight excluding hydrogens is 386 g/mol. The highest BCUT2D eigenvalue weighted by atomic mass is 32.2. The van der Waals surface area contributed by atoms with E-state index in [9.17, 15) is 14.4 Å². The predicted molar refractivity (Wildman–Crippen MR) is 114 cm³/mol. The van der Waals surface area contributed by atoms with Crippen LogP contribution in [0, 0.1) is 13.8 Å². The molecule has 2 aromatic heterocycles. The largest absolute Gasteiger partial charge is 0.355 e. The molecule has 1 unspecified atom stereocenters. The molecule has 1 fully saturated rings. The number of fused-ring (bicyclic) bond motifs is 1. The van der Waals surface area contributed by atoms with Crippen LogP contribution in [0.4, 0.5) is 0 Å². The summed E-state index contributed by atoms with van der Waals surface area (Å²) in [5, 5.41) is 0.721. The highest BCUT2D eigenvalue weighted by Gasteiger charge is 2.31. The Balaban J connectivity index is 1.71. The molecule has 1 atom stereocenters. The number of Topliss-reactive ketones (excluding diaryl/α,β-unsaturated/α-hetero) is 2. The molecule has 0 amide bonds.